The summed E-state index contributed by atoms with van der Waals surface area (Å²) in [6.45, 7) is 0. The maximum atomic E-state index is 12.9. The third kappa shape index (κ3) is 3.06. The lowest BCUT2D eigenvalue weighted by atomic mass is 9.97. The van der Waals surface area contributed by atoms with Crippen molar-refractivity contribution in [3.63, 3.8) is 0 Å². The van der Waals surface area contributed by atoms with Gasteiger partial charge in [0.15, 0.2) is 5.16 Å². The van der Waals surface area contributed by atoms with Crippen molar-refractivity contribution in [1.29, 1.82) is 0 Å². The van der Waals surface area contributed by atoms with E-state index in [1.165, 1.54) is 28.6 Å². The average molecular weight is 411 g/mol. The lowest BCUT2D eigenvalue weighted by Gasteiger charge is -2.10. The second-order valence-electron chi connectivity index (χ2n) is 6.81. The summed E-state index contributed by atoms with van der Waals surface area (Å²) >= 11 is 3.12. The molecule has 0 saturated heterocycles. The van der Waals surface area contributed by atoms with E-state index in [1.54, 1.807) is 23.0 Å². The predicted octanol–water partition coefficient (Wildman–Crippen LogP) is 4.22. The fraction of sp³-hybridized carbons (Fsp3) is 0.300. The van der Waals surface area contributed by atoms with Gasteiger partial charge in [-0.3, -0.25) is 9.36 Å². The maximum absolute atomic E-state index is 12.9. The minimum absolute atomic E-state index is 0.0439. The van der Waals surface area contributed by atoms with Crippen molar-refractivity contribution in [3.8, 4) is 11.5 Å². The van der Waals surface area contributed by atoms with Gasteiger partial charge in [0.2, 0.25) is 11.8 Å². The van der Waals surface area contributed by atoms with Gasteiger partial charge in [0, 0.05) is 17.5 Å². The third-order valence-corrected chi connectivity index (χ3v) is 7.17. The summed E-state index contributed by atoms with van der Waals surface area (Å²) in [5.74, 6) is 1.49. The Hall–Kier alpha value is -2.45. The van der Waals surface area contributed by atoms with Crippen LogP contribution in [0.25, 0.3) is 21.7 Å². The molecule has 0 aliphatic heterocycles. The first-order valence-corrected chi connectivity index (χ1v) is 11.0. The number of thioether (sulfide) groups is 1. The normalized spacial score (nSPS) is 13.8. The van der Waals surface area contributed by atoms with Crippen molar-refractivity contribution in [2.24, 2.45) is 7.05 Å². The van der Waals surface area contributed by atoms with Crippen LogP contribution in [0.2, 0.25) is 0 Å². The maximum Gasteiger partial charge on any atom is 0.262 e. The van der Waals surface area contributed by atoms with Crippen molar-refractivity contribution in [3.05, 3.63) is 57.0 Å². The number of aromatic nitrogens is 4. The Labute approximate surface area is 169 Å². The third-order valence-electron chi connectivity index (χ3n) is 4.97. The molecule has 142 valence electrons. The van der Waals surface area contributed by atoms with Gasteiger partial charge in [0.05, 0.1) is 11.1 Å². The van der Waals surface area contributed by atoms with Gasteiger partial charge in [-0.25, -0.2) is 4.98 Å². The van der Waals surface area contributed by atoms with E-state index in [0.717, 1.165) is 35.0 Å². The molecule has 8 heteroatoms. The smallest absolute Gasteiger partial charge is 0.262 e. The van der Waals surface area contributed by atoms with Crippen LogP contribution in [0.5, 0.6) is 0 Å². The Balaban J connectivity index is 1.42. The number of rotatable bonds is 4. The van der Waals surface area contributed by atoms with Crippen LogP contribution in [0.1, 0.15) is 29.2 Å². The van der Waals surface area contributed by atoms with Crippen LogP contribution in [0.4, 0.5) is 0 Å². The topological polar surface area (TPSA) is 73.8 Å². The molecule has 0 bridgehead atoms. The Kier molecular flexibility index (Phi) is 4.52. The van der Waals surface area contributed by atoms with Crippen LogP contribution < -0.4 is 5.56 Å². The van der Waals surface area contributed by atoms with Crippen molar-refractivity contribution < 1.29 is 4.42 Å². The highest BCUT2D eigenvalue weighted by Gasteiger charge is 2.21. The highest BCUT2D eigenvalue weighted by atomic mass is 32.2. The molecule has 0 atom stereocenters. The summed E-state index contributed by atoms with van der Waals surface area (Å²) < 4.78 is 7.40. The highest BCUT2D eigenvalue weighted by molar-refractivity contribution is 7.98. The van der Waals surface area contributed by atoms with E-state index in [1.807, 2.05) is 30.3 Å². The van der Waals surface area contributed by atoms with Gasteiger partial charge in [-0.1, -0.05) is 30.0 Å². The minimum Gasteiger partial charge on any atom is -0.420 e. The number of thiophene rings is 1. The van der Waals surface area contributed by atoms with E-state index in [2.05, 4.69) is 10.2 Å². The zero-order valence-electron chi connectivity index (χ0n) is 15.3. The number of hydrogen-bond acceptors (Lipinski definition) is 7. The molecule has 1 aromatic carbocycles. The van der Waals surface area contributed by atoms with Crippen LogP contribution in [0, 0.1) is 0 Å². The highest BCUT2D eigenvalue weighted by Crippen LogP contribution is 2.34. The Morgan fingerprint density at radius 3 is 2.86 bits per heavy atom. The molecule has 3 heterocycles. The van der Waals surface area contributed by atoms with Crippen LogP contribution in [-0.4, -0.2) is 19.7 Å². The quantitative estimate of drug-likeness (QED) is 0.370. The first-order chi connectivity index (χ1) is 13.7. The summed E-state index contributed by atoms with van der Waals surface area (Å²) in [5, 5.41) is 9.73. The first-order valence-electron chi connectivity index (χ1n) is 9.22. The molecule has 0 unspecified atom stereocenters. The first kappa shape index (κ1) is 17.6. The summed E-state index contributed by atoms with van der Waals surface area (Å²) in [6, 6.07) is 9.68. The average Bonchev–Trinajstić information content (AvgIpc) is 3.35. The molecule has 1 aliphatic carbocycles. The van der Waals surface area contributed by atoms with E-state index >= 15 is 0 Å². The molecule has 0 fully saturated rings. The van der Waals surface area contributed by atoms with Crippen LogP contribution in [0.3, 0.4) is 0 Å². The van der Waals surface area contributed by atoms with E-state index in [9.17, 15) is 4.79 Å². The second-order valence-corrected chi connectivity index (χ2v) is 8.83. The fourth-order valence-corrected chi connectivity index (χ4v) is 5.64. The molecule has 28 heavy (non-hydrogen) atoms. The zero-order chi connectivity index (χ0) is 19.1. The molecular weight excluding hydrogens is 392 g/mol. The molecule has 6 nitrogen and oxygen atoms in total. The Morgan fingerprint density at radius 1 is 1.18 bits per heavy atom. The lowest BCUT2D eigenvalue weighted by Crippen LogP contribution is -2.20. The van der Waals surface area contributed by atoms with E-state index < -0.39 is 0 Å². The van der Waals surface area contributed by atoms with Gasteiger partial charge in [-0.15, -0.1) is 21.5 Å². The summed E-state index contributed by atoms with van der Waals surface area (Å²) in [6.07, 6.45) is 4.40. The monoisotopic (exact) mass is 410 g/mol. The van der Waals surface area contributed by atoms with Crippen LogP contribution in [0.15, 0.2) is 44.7 Å². The van der Waals surface area contributed by atoms with Gasteiger partial charge in [-0.05, 0) is 43.4 Å². The van der Waals surface area contributed by atoms with Gasteiger partial charge in [0.25, 0.3) is 5.56 Å². The Morgan fingerprint density at radius 2 is 2.00 bits per heavy atom. The van der Waals surface area contributed by atoms with Crippen molar-refractivity contribution in [1.82, 2.24) is 19.7 Å². The number of aryl methyl sites for hydroxylation is 2. The molecule has 0 amide bonds. The molecule has 3 aromatic heterocycles. The van der Waals surface area contributed by atoms with E-state index in [-0.39, 0.29) is 5.56 Å². The second kappa shape index (κ2) is 7.18. The minimum atomic E-state index is 0.0439. The summed E-state index contributed by atoms with van der Waals surface area (Å²) in [5.41, 5.74) is 2.16. The van der Waals surface area contributed by atoms with Crippen molar-refractivity contribution in [2.75, 3.05) is 0 Å². The number of fused-ring (bicyclic) bond motifs is 3. The largest absolute Gasteiger partial charge is 0.420 e. The van der Waals surface area contributed by atoms with Gasteiger partial charge < -0.3 is 4.42 Å². The molecule has 0 saturated carbocycles. The fourth-order valence-electron chi connectivity index (χ4n) is 3.53. The zero-order valence-corrected chi connectivity index (χ0v) is 17.0. The van der Waals surface area contributed by atoms with Crippen molar-refractivity contribution >= 4 is 33.3 Å². The number of hydrogen-bond donors (Lipinski definition) is 0. The van der Waals surface area contributed by atoms with E-state index in [0.29, 0.717) is 22.7 Å². The van der Waals surface area contributed by atoms with Gasteiger partial charge in [0.1, 0.15) is 4.83 Å². The van der Waals surface area contributed by atoms with E-state index in [4.69, 9.17) is 9.40 Å². The summed E-state index contributed by atoms with van der Waals surface area (Å²) in [7, 11) is 1.78. The predicted molar refractivity (Wildman–Crippen MR) is 111 cm³/mol. The molecule has 0 radical (unpaired) electrons. The molecular formula is C20H18N4O2S2. The van der Waals surface area contributed by atoms with Crippen LogP contribution in [-0.2, 0) is 25.6 Å². The van der Waals surface area contributed by atoms with Gasteiger partial charge in [-0.2, -0.15) is 0 Å². The molecule has 4 aromatic rings. The Bertz CT molecular complexity index is 1210. The lowest BCUT2D eigenvalue weighted by molar-refractivity contribution is 0.528. The number of benzene rings is 1. The molecule has 0 spiro atoms. The number of nitrogens with zero attached hydrogens (tertiary/aromatic N) is 4. The molecule has 5 rings (SSSR count). The van der Waals surface area contributed by atoms with Crippen LogP contribution >= 0.6 is 23.1 Å². The van der Waals surface area contributed by atoms with Gasteiger partial charge >= 0.3 is 0 Å². The molecule has 0 N–H and O–H groups in total. The summed E-state index contributed by atoms with van der Waals surface area (Å²) in [4.78, 5) is 19.9. The van der Waals surface area contributed by atoms with Crippen molar-refractivity contribution in [2.45, 2.75) is 36.6 Å². The standard InChI is InChI=1S/C20H18N4O2S2/c1-24-19(25)16-13-9-5-6-10-14(13)28-18(16)21-20(24)27-11-15-22-23-17(26-15)12-7-3-2-4-8-12/h2-4,7-8H,5-6,9-11H2,1H3. The molecule has 1 aliphatic rings. The SMILES string of the molecule is Cn1c(SCc2nnc(-c3ccccc3)o2)nc2sc3c(c2c1=O)CCCC3.